The van der Waals surface area contributed by atoms with Crippen molar-refractivity contribution in [1.29, 1.82) is 5.26 Å². The zero-order chi connectivity index (χ0) is 26.2. The summed E-state index contributed by atoms with van der Waals surface area (Å²) in [7, 11) is 0. The van der Waals surface area contributed by atoms with Crippen LogP contribution in [-0.2, 0) is 32.9 Å². The highest BCUT2D eigenvalue weighted by molar-refractivity contribution is 6.08. The molecular weight excluding hydrogens is 470 g/mol. The smallest absolute Gasteiger partial charge is 0.322 e. The van der Waals surface area contributed by atoms with E-state index in [1.165, 1.54) is 0 Å². The van der Waals surface area contributed by atoms with Gasteiger partial charge in [0.25, 0.3) is 5.91 Å². The Kier molecular flexibility index (Phi) is 6.42. The molecule has 1 spiro atoms. The van der Waals surface area contributed by atoms with Crippen molar-refractivity contribution in [3.8, 4) is 6.07 Å². The van der Waals surface area contributed by atoms with E-state index < -0.39 is 29.3 Å². The van der Waals surface area contributed by atoms with E-state index in [0.29, 0.717) is 30.1 Å². The zero-order valence-corrected chi connectivity index (χ0v) is 20.6. The van der Waals surface area contributed by atoms with Gasteiger partial charge in [-0.15, -0.1) is 0 Å². The third-order valence-corrected chi connectivity index (χ3v) is 7.76. The highest BCUT2D eigenvalue weighted by Gasteiger charge is 2.58. The van der Waals surface area contributed by atoms with Crippen molar-refractivity contribution in [3.05, 3.63) is 65.2 Å². The van der Waals surface area contributed by atoms with Crippen LogP contribution in [0.1, 0.15) is 49.3 Å². The fourth-order valence-electron chi connectivity index (χ4n) is 5.71. The summed E-state index contributed by atoms with van der Waals surface area (Å²) < 4.78 is 0. The van der Waals surface area contributed by atoms with Crippen LogP contribution in [0.15, 0.2) is 48.5 Å². The van der Waals surface area contributed by atoms with E-state index in [4.69, 9.17) is 5.26 Å². The maximum Gasteiger partial charge on any atom is 0.322 e. The normalized spacial score (nSPS) is 22.5. The molecule has 1 aliphatic heterocycles. The number of anilines is 1. The van der Waals surface area contributed by atoms with Crippen LogP contribution in [0.25, 0.3) is 0 Å². The summed E-state index contributed by atoms with van der Waals surface area (Å²) in [5.74, 6) is -0.982. The summed E-state index contributed by atoms with van der Waals surface area (Å²) >= 11 is 0. The summed E-state index contributed by atoms with van der Waals surface area (Å²) in [5, 5.41) is 16.6. The first kappa shape index (κ1) is 24.5. The number of benzene rings is 2. The number of amides is 5. The molecule has 2 aromatic rings. The summed E-state index contributed by atoms with van der Waals surface area (Å²) in [4.78, 5) is 53.1. The average molecular weight is 500 g/mol. The van der Waals surface area contributed by atoms with Gasteiger partial charge in [0.15, 0.2) is 5.54 Å². The van der Waals surface area contributed by atoms with E-state index in [0.717, 1.165) is 24.0 Å². The van der Waals surface area contributed by atoms with Crippen molar-refractivity contribution in [2.45, 2.75) is 57.2 Å². The van der Waals surface area contributed by atoms with Crippen molar-refractivity contribution < 1.29 is 19.2 Å². The Bertz CT molecular complexity index is 1300. The van der Waals surface area contributed by atoms with Crippen molar-refractivity contribution in [2.24, 2.45) is 11.8 Å². The Morgan fingerprint density at radius 3 is 2.59 bits per heavy atom. The average Bonchev–Trinajstić information content (AvgIpc) is 3.61. The lowest BCUT2D eigenvalue weighted by Gasteiger charge is -2.34. The van der Waals surface area contributed by atoms with Crippen LogP contribution in [0, 0.1) is 23.2 Å². The van der Waals surface area contributed by atoms with Crippen LogP contribution >= 0.6 is 0 Å². The van der Waals surface area contributed by atoms with Crippen LogP contribution in [0.3, 0.4) is 0 Å². The van der Waals surface area contributed by atoms with Gasteiger partial charge in [-0.25, -0.2) is 4.79 Å². The molecule has 0 radical (unpaired) electrons. The predicted octanol–water partition coefficient (Wildman–Crippen LogP) is 2.96. The molecule has 5 rings (SSSR count). The number of nitrogens with zero attached hydrogens (tertiary/aromatic N) is 2. The number of fused-ring (bicyclic) bond motifs is 2. The lowest BCUT2D eigenvalue weighted by atomic mass is 9.81. The number of hydrogen-bond donors (Lipinski definition) is 3. The second-order valence-corrected chi connectivity index (χ2v) is 10.2. The molecule has 3 N–H and O–H groups in total. The Morgan fingerprint density at radius 2 is 1.95 bits per heavy atom. The third kappa shape index (κ3) is 4.67. The van der Waals surface area contributed by atoms with Gasteiger partial charge >= 0.3 is 6.03 Å². The molecule has 3 atom stereocenters. The van der Waals surface area contributed by atoms with Crippen molar-refractivity contribution in [2.75, 3.05) is 5.32 Å². The van der Waals surface area contributed by atoms with E-state index in [9.17, 15) is 19.2 Å². The molecule has 1 heterocycles. The van der Waals surface area contributed by atoms with E-state index >= 15 is 0 Å². The summed E-state index contributed by atoms with van der Waals surface area (Å²) in [5.41, 5.74) is 1.58. The minimum Gasteiger partial charge on any atom is -0.335 e. The van der Waals surface area contributed by atoms with Gasteiger partial charge in [0.2, 0.25) is 11.8 Å². The fraction of sp³-hybridized carbons (Fsp3) is 0.393. The monoisotopic (exact) mass is 499 g/mol. The van der Waals surface area contributed by atoms with E-state index in [1.807, 2.05) is 41.3 Å². The summed E-state index contributed by atoms with van der Waals surface area (Å²) in [6.45, 7) is 2.57. The number of rotatable bonds is 8. The van der Waals surface area contributed by atoms with Gasteiger partial charge in [-0.2, -0.15) is 5.26 Å². The summed E-state index contributed by atoms with van der Waals surface area (Å²) in [6, 6.07) is 16.3. The van der Waals surface area contributed by atoms with Gasteiger partial charge in [0.05, 0.1) is 6.07 Å². The van der Waals surface area contributed by atoms with Crippen molar-refractivity contribution in [3.63, 3.8) is 0 Å². The van der Waals surface area contributed by atoms with E-state index in [1.54, 1.807) is 18.2 Å². The van der Waals surface area contributed by atoms with Crippen LogP contribution in [0.4, 0.5) is 10.5 Å². The minimum atomic E-state index is -1.35. The van der Waals surface area contributed by atoms with E-state index in [2.05, 4.69) is 22.9 Å². The number of carbonyl (C=O) groups is 4. The number of hydrogen-bond acceptors (Lipinski definition) is 5. The molecule has 3 aliphatic rings. The molecule has 0 aromatic heterocycles. The molecule has 2 aromatic carbocycles. The number of carbonyl (C=O) groups excluding carboxylic acids is 4. The largest absolute Gasteiger partial charge is 0.335 e. The molecule has 5 amide bonds. The number of nitrogens with one attached hydrogen (secondary N) is 3. The number of imide groups is 1. The lowest BCUT2D eigenvalue weighted by molar-refractivity contribution is -0.137. The summed E-state index contributed by atoms with van der Waals surface area (Å²) in [6.07, 6.45) is 2.39. The van der Waals surface area contributed by atoms with Crippen LogP contribution in [0.5, 0.6) is 0 Å². The molecular formula is C28H29N5O4. The quantitative estimate of drug-likeness (QED) is 0.481. The lowest BCUT2D eigenvalue weighted by Crippen LogP contribution is -2.50. The van der Waals surface area contributed by atoms with Gasteiger partial charge in [-0.3, -0.25) is 19.7 Å². The first-order valence-electron chi connectivity index (χ1n) is 12.6. The van der Waals surface area contributed by atoms with Crippen LogP contribution in [-0.4, -0.2) is 34.7 Å². The van der Waals surface area contributed by atoms with Gasteiger partial charge in [-0.05, 0) is 60.9 Å². The maximum atomic E-state index is 13.8. The molecule has 1 saturated heterocycles. The Morgan fingerprint density at radius 1 is 1.19 bits per heavy atom. The zero-order valence-electron chi connectivity index (χ0n) is 20.6. The molecule has 2 aliphatic carbocycles. The van der Waals surface area contributed by atoms with Gasteiger partial charge in [0.1, 0.15) is 6.42 Å². The van der Waals surface area contributed by atoms with Gasteiger partial charge < -0.3 is 15.5 Å². The van der Waals surface area contributed by atoms with E-state index in [-0.39, 0.29) is 24.8 Å². The standard InChI is InChI=1S/C28H29N5O4/c1-17(19-7-8-19)33(16-18-5-3-2-4-6-18)25(35)15-21-13-20-14-22(30-24(34)11-12-29)9-10-23(20)28(21)26(36)31-27(37)32-28/h2-6,9-10,14,17,19,21H,7-8,11,13,15-16H2,1H3,(H,30,34)(H2,31,32,36,37)/t17-,21-,28?/m0/s1. The topological polar surface area (TPSA) is 131 Å². The maximum absolute atomic E-state index is 13.8. The van der Waals surface area contributed by atoms with Crippen molar-refractivity contribution >= 4 is 29.4 Å². The Hall–Kier alpha value is -4.19. The molecule has 9 nitrogen and oxygen atoms in total. The van der Waals surface area contributed by atoms with Gasteiger partial charge in [-0.1, -0.05) is 36.4 Å². The third-order valence-electron chi connectivity index (χ3n) is 7.76. The minimum absolute atomic E-state index is 0.0584. The highest BCUT2D eigenvalue weighted by atomic mass is 16.2. The number of urea groups is 1. The second-order valence-electron chi connectivity index (χ2n) is 10.2. The number of nitriles is 1. The fourth-order valence-corrected chi connectivity index (χ4v) is 5.71. The first-order chi connectivity index (χ1) is 17.8. The SMILES string of the molecule is C[C@@H](C1CC1)N(Cc1ccccc1)C(=O)C[C@@H]1Cc2cc(NC(=O)CC#N)ccc2C12NC(=O)NC2=O. The Balaban J connectivity index is 1.43. The van der Waals surface area contributed by atoms with Crippen LogP contribution < -0.4 is 16.0 Å². The molecule has 2 fully saturated rings. The van der Waals surface area contributed by atoms with Crippen molar-refractivity contribution in [1.82, 2.24) is 15.5 Å². The molecule has 1 unspecified atom stereocenters. The van der Waals surface area contributed by atoms with Gasteiger partial charge in [0, 0.05) is 30.6 Å². The molecule has 0 bridgehead atoms. The first-order valence-corrected chi connectivity index (χ1v) is 12.6. The predicted molar refractivity (Wildman–Crippen MR) is 135 cm³/mol. The molecule has 9 heteroatoms. The molecule has 190 valence electrons. The van der Waals surface area contributed by atoms with Crippen LogP contribution in [0.2, 0.25) is 0 Å². The molecule has 1 saturated carbocycles. The Labute approximate surface area is 215 Å². The molecule has 37 heavy (non-hydrogen) atoms. The second kappa shape index (κ2) is 9.69. The highest BCUT2D eigenvalue weighted by Crippen LogP contribution is 2.46.